The van der Waals surface area contributed by atoms with E-state index in [1.807, 2.05) is 42.6 Å². The highest BCUT2D eigenvalue weighted by Crippen LogP contribution is 2.27. The van der Waals surface area contributed by atoms with E-state index in [0.717, 1.165) is 40.3 Å². The van der Waals surface area contributed by atoms with Crippen molar-refractivity contribution in [2.45, 2.75) is 13.1 Å². The lowest BCUT2D eigenvalue weighted by molar-refractivity contribution is 0.410. The molecular weight excluding hydrogens is 360 g/mol. The van der Waals surface area contributed by atoms with Gasteiger partial charge in [-0.3, -0.25) is 4.98 Å². The van der Waals surface area contributed by atoms with Crippen LogP contribution in [0.2, 0.25) is 0 Å². The number of pyridine rings is 2. The van der Waals surface area contributed by atoms with Crippen LogP contribution in [0.5, 0.6) is 5.75 Å². The molecular formula is C24H24N4O. The third-order valence-electron chi connectivity index (χ3n) is 4.92. The Morgan fingerprint density at radius 2 is 1.86 bits per heavy atom. The first kappa shape index (κ1) is 18.7. The molecule has 1 N–H and O–H groups in total. The zero-order valence-electron chi connectivity index (χ0n) is 16.7. The molecule has 0 radical (unpaired) electrons. The molecule has 0 unspecified atom stereocenters. The molecule has 146 valence electrons. The topological polar surface area (TPSA) is 50.3 Å². The molecule has 2 aromatic heterocycles. The van der Waals surface area contributed by atoms with E-state index in [-0.39, 0.29) is 0 Å². The quantitative estimate of drug-likeness (QED) is 0.492. The minimum atomic E-state index is 0.656. The van der Waals surface area contributed by atoms with Crippen LogP contribution in [-0.2, 0) is 13.1 Å². The fraction of sp³-hybridized carbons (Fsp3) is 0.167. The molecule has 4 aromatic rings. The summed E-state index contributed by atoms with van der Waals surface area (Å²) in [6, 6.07) is 22.4. The second kappa shape index (κ2) is 8.61. The summed E-state index contributed by atoms with van der Waals surface area (Å²) in [5.74, 6) is 1.72. The molecule has 0 bridgehead atoms. The standard InChI is InChI=1S/C24H24N4O/c1-28(17-18-7-6-14-25-15-18)22-10-5-9-21-20(22)12-13-24(27-21)26-16-19-8-3-4-11-23(19)29-2/h3-15H,16-17H2,1-2H3,(H,26,27). The zero-order chi connectivity index (χ0) is 20.1. The smallest absolute Gasteiger partial charge is 0.126 e. The first-order valence-corrected chi connectivity index (χ1v) is 9.60. The Morgan fingerprint density at radius 1 is 0.966 bits per heavy atom. The molecule has 0 saturated heterocycles. The molecule has 2 heterocycles. The summed E-state index contributed by atoms with van der Waals surface area (Å²) in [7, 11) is 3.78. The Bertz CT molecular complexity index is 1100. The maximum Gasteiger partial charge on any atom is 0.126 e. The number of fused-ring (bicyclic) bond motifs is 1. The van der Waals surface area contributed by atoms with Crippen LogP contribution in [0.1, 0.15) is 11.1 Å². The molecule has 5 nitrogen and oxygen atoms in total. The summed E-state index contributed by atoms with van der Waals surface area (Å²) >= 11 is 0. The van der Waals surface area contributed by atoms with E-state index in [9.17, 15) is 0 Å². The lowest BCUT2D eigenvalue weighted by Gasteiger charge is -2.21. The van der Waals surface area contributed by atoms with E-state index in [0.29, 0.717) is 6.54 Å². The Morgan fingerprint density at radius 3 is 2.69 bits per heavy atom. The van der Waals surface area contributed by atoms with Crippen molar-refractivity contribution in [2.75, 3.05) is 24.4 Å². The SMILES string of the molecule is COc1ccccc1CNc1ccc2c(N(C)Cc3cccnc3)cccc2n1. The lowest BCUT2D eigenvalue weighted by Crippen LogP contribution is -2.16. The summed E-state index contributed by atoms with van der Waals surface area (Å²) < 4.78 is 5.42. The summed E-state index contributed by atoms with van der Waals surface area (Å²) in [6.07, 6.45) is 3.70. The highest BCUT2D eigenvalue weighted by Gasteiger charge is 2.09. The molecule has 4 rings (SSSR count). The van der Waals surface area contributed by atoms with Gasteiger partial charge in [0.15, 0.2) is 0 Å². The van der Waals surface area contributed by atoms with Crippen molar-refractivity contribution in [3.05, 3.63) is 90.3 Å². The van der Waals surface area contributed by atoms with Gasteiger partial charge in [-0.1, -0.05) is 30.3 Å². The molecule has 0 aliphatic carbocycles. The minimum Gasteiger partial charge on any atom is -0.496 e. The number of rotatable bonds is 7. The molecule has 29 heavy (non-hydrogen) atoms. The van der Waals surface area contributed by atoms with Crippen molar-refractivity contribution >= 4 is 22.4 Å². The van der Waals surface area contributed by atoms with Gasteiger partial charge in [0.25, 0.3) is 0 Å². The fourth-order valence-corrected chi connectivity index (χ4v) is 3.46. The van der Waals surface area contributed by atoms with E-state index in [2.05, 4.69) is 52.6 Å². The normalized spacial score (nSPS) is 10.7. The highest BCUT2D eigenvalue weighted by molar-refractivity contribution is 5.92. The van der Waals surface area contributed by atoms with Crippen LogP contribution in [-0.4, -0.2) is 24.1 Å². The number of aromatic nitrogens is 2. The van der Waals surface area contributed by atoms with Gasteiger partial charge in [0.1, 0.15) is 11.6 Å². The van der Waals surface area contributed by atoms with E-state index in [1.165, 1.54) is 5.56 Å². The van der Waals surface area contributed by atoms with Crippen molar-refractivity contribution < 1.29 is 4.74 Å². The summed E-state index contributed by atoms with van der Waals surface area (Å²) in [6.45, 7) is 1.45. The zero-order valence-corrected chi connectivity index (χ0v) is 16.7. The number of nitrogens with zero attached hydrogens (tertiary/aromatic N) is 3. The van der Waals surface area contributed by atoms with Crippen molar-refractivity contribution in [2.24, 2.45) is 0 Å². The van der Waals surface area contributed by atoms with Gasteiger partial charge >= 0.3 is 0 Å². The number of hydrogen-bond acceptors (Lipinski definition) is 5. The molecule has 0 aliphatic rings. The van der Waals surface area contributed by atoms with Crippen LogP contribution in [0.3, 0.4) is 0 Å². The molecule has 0 atom stereocenters. The lowest BCUT2D eigenvalue weighted by atomic mass is 10.1. The molecule has 0 fully saturated rings. The number of nitrogens with one attached hydrogen (secondary N) is 1. The molecule has 0 saturated carbocycles. The molecule has 0 aliphatic heterocycles. The van der Waals surface area contributed by atoms with Gasteiger partial charge in [-0.15, -0.1) is 0 Å². The first-order valence-electron chi connectivity index (χ1n) is 9.60. The van der Waals surface area contributed by atoms with Gasteiger partial charge in [-0.05, 0) is 42.0 Å². The van der Waals surface area contributed by atoms with Crippen LogP contribution in [0.15, 0.2) is 79.1 Å². The van der Waals surface area contributed by atoms with Crippen molar-refractivity contribution in [1.29, 1.82) is 0 Å². The van der Waals surface area contributed by atoms with Gasteiger partial charge in [0.2, 0.25) is 0 Å². The molecule has 0 amide bonds. The van der Waals surface area contributed by atoms with E-state index in [4.69, 9.17) is 9.72 Å². The molecule has 0 spiro atoms. The summed E-state index contributed by atoms with van der Waals surface area (Å²) in [5.41, 5.74) is 4.39. The number of ether oxygens (including phenoxy) is 1. The number of para-hydroxylation sites is 1. The predicted octanol–water partition coefficient (Wildman–Crippen LogP) is 4.89. The summed E-state index contributed by atoms with van der Waals surface area (Å²) in [4.78, 5) is 11.2. The Balaban J connectivity index is 1.54. The van der Waals surface area contributed by atoms with Gasteiger partial charge in [-0.25, -0.2) is 4.98 Å². The number of methoxy groups -OCH3 is 1. The van der Waals surface area contributed by atoms with Crippen LogP contribution in [0.25, 0.3) is 10.9 Å². The van der Waals surface area contributed by atoms with Gasteiger partial charge < -0.3 is 15.0 Å². The van der Waals surface area contributed by atoms with Crippen molar-refractivity contribution in [3.8, 4) is 5.75 Å². The van der Waals surface area contributed by atoms with Gasteiger partial charge in [-0.2, -0.15) is 0 Å². The number of benzene rings is 2. The van der Waals surface area contributed by atoms with Crippen LogP contribution in [0, 0.1) is 0 Å². The number of anilines is 2. The van der Waals surface area contributed by atoms with Crippen molar-refractivity contribution in [3.63, 3.8) is 0 Å². The Labute approximate surface area is 171 Å². The summed E-state index contributed by atoms with van der Waals surface area (Å²) in [5, 5.41) is 4.53. The van der Waals surface area contributed by atoms with Gasteiger partial charge in [0, 0.05) is 49.2 Å². The number of hydrogen-bond donors (Lipinski definition) is 1. The third-order valence-corrected chi connectivity index (χ3v) is 4.92. The molecule has 2 aromatic carbocycles. The Kier molecular flexibility index (Phi) is 5.56. The maximum atomic E-state index is 5.42. The molecule has 5 heteroatoms. The largest absolute Gasteiger partial charge is 0.496 e. The first-order chi connectivity index (χ1) is 14.2. The fourth-order valence-electron chi connectivity index (χ4n) is 3.46. The average Bonchev–Trinajstić information content (AvgIpc) is 2.78. The van der Waals surface area contributed by atoms with Crippen LogP contribution >= 0.6 is 0 Å². The van der Waals surface area contributed by atoms with E-state index < -0.39 is 0 Å². The second-order valence-electron chi connectivity index (χ2n) is 6.92. The third kappa shape index (κ3) is 4.29. The second-order valence-corrected chi connectivity index (χ2v) is 6.92. The van der Waals surface area contributed by atoms with Crippen LogP contribution < -0.4 is 15.0 Å². The minimum absolute atomic E-state index is 0.656. The van der Waals surface area contributed by atoms with E-state index in [1.54, 1.807) is 13.3 Å². The van der Waals surface area contributed by atoms with Crippen molar-refractivity contribution in [1.82, 2.24) is 9.97 Å². The van der Waals surface area contributed by atoms with Gasteiger partial charge in [0.05, 0.1) is 12.6 Å². The van der Waals surface area contributed by atoms with Crippen LogP contribution in [0.4, 0.5) is 11.5 Å². The maximum absolute atomic E-state index is 5.42. The average molecular weight is 384 g/mol. The monoisotopic (exact) mass is 384 g/mol. The highest BCUT2D eigenvalue weighted by atomic mass is 16.5. The Hall–Kier alpha value is -3.60. The predicted molar refractivity (Wildman–Crippen MR) is 118 cm³/mol. The van der Waals surface area contributed by atoms with E-state index >= 15 is 0 Å².